The number of nitrogens with one attached hydrogen (secondary N) is 1. The summed E-state index contributed by atoms with van der Waals surface area (Å²) in [5, 5.41) is 9.30. The number of hydrogen-bond donors (Lipinski definition) is 1. The van der Waals surface area contributed by atoms with Gasteiger partial charge in [-0.25, -0.2) is 0 Å². The second-order valence-electron chi connectivity index (χ2n) is 7.46. The van der Waals surface area contributed by atoms with Crippen molar-refractivity contribution in [3.63, 3.8) is 0 Å². The van der Waals surface area contributed by atoms with Crippen LogP contribution in [-0.4, -0.2) is 48.9 Å². The van der Waals surface area contributed by atoms with Gasteiger partial charge in [0, 0.05) is 50.2 Å². The summed E-state index contributed by atoms with van der Waals surface area (Å²) in [5.74, 6) is 0.176. The molecule has 1 aliphatic heterocycles. The van der Waals surface area contributed by atoms with Crippen molar-refractivity contribution in [2.45, 2.75) is 37.4 Å². The minimum Gasteiger partial charge on any atom is -0.362 e. The maximum absolute atomic E-state index is 12.3. The van der Waals surface area contributed by atoms with E-state index < -0.39 is 10.2 Å². The van der Waals surface area contributed by atoms with Crippen LogP contribution in [0.4, 0.5) is 5.69 Å². The van der Waals surface area contributed by atoms with Gasteiger partial charge in [-0.2, -0.15) is 22.7 Å². The van der Waals surface area contributed by atoms with Crippen LogP contribution in [0.1, 0.15) is 35.6 Å². The number of rotatable bonds is 5. The van der Waals surface area contributed by atoms with Gasteiger partial charge in [-0.1, -0.05) is 0 Å². The Bertz CT molecular complexity index is 1020. The molecule has 1 fully saturated rings. The molecule has 3 atom stereocenters. The average molecular weight is 398 g/mol. The first kappa shape index (κ1) is 18.8. The molecule has 0 bridgehead atoms. The highest BCUT2D eigenvalue weighted by atomic mass is 32.2. The molecule has 1 N–H and O–H groups in total. The lowest BCUT2D eigenvalue weighted by Crippen LogP contribution is -2.42. The number of hydrogen-bond acceptors (Lipinski definition) is 6. The molecule has 0 amide bonds. The Morgan fingerprint density at radius 2 is 2.14 bits per heavy atom. The van der Waals surface area contributed by atoms with E-state index in [2.05, 4.69) is 25.7 Å². The predicted octanol–water partition coefficient (Wildman–Crippen LogP) is 1.38. The number of benzene rings is 1. The summed E-state index contributed by atoms with van der Waals surface area (Å²) in [6.45, 7) is 0.598. The summed E-state index contributed by atoms with van der Waals surface area (Å²) in [6.07, 6.45) is 6.47. The van der Waals surface area contributed by atoms with Gasteiger partial charge < -0.3 is 4.90 Å². The largest absolute Gasteiger partial charge is 0.362 e. The topological polar surface area (TPSA) is 102 Å². The Morgan fingerprint density at radius 1 is 1.32 bits per heavy atom. The van der Waals surface area contributed by atoms with E-state index in [0.717, 1.165) is 16.9 Å². The molecule has 2 heterocycles. The van der Waals surface area contributed by atoms with E-state index in [1.165, 1.54) is 18.4 Å². The van der Waals surface area contributed by atoms with Gasteiger partial charge in [0.2, 0.25) is 0 Å². The van der Waals surface area contributed by atoms with Gasteiger partial charge in [-0.15, -0.1) is 0 Å². The molecule has 4 rings (SSSR count). The minimum atomic E-state index is -3.49. The third kappa shape index (κ3) is 3.35. The first-order chi connectivity index (χ1) is 13.4. The fourth-order valence-electron chi connectivity index (χ4n) is 4.26. The van der Waals surface area contributed by atoms with E-state index in [4.69, 9.17) is 0 Å². The van der Waals surface area contributed by atoms with E-state index in [0.29, 0.717) is 24.9 Å². The second kappa shape index (κ2) is 7.13. The number of fused-ring (bicyclic) bond motifs is 3. The average Bonchev–Trinajstić information content (AvgIpc) is 3.19. The summed E-state index contributed by atoms with van der Waals surface area (Å²) in [7, 11) is -0.447. The van der Waals surface area contributed by atoms with E-state index in [1.807, 2.05) is 18.2 Å². The Labute approximate surface area is 165 Å². The highest BCUT2D eigenvalue weighted by molar-refractivity contribution is 7.87. The molecule has 3 unspecified atom stereocenters. The second-order valence-corrected chi connectivity index (χ2v) is 9.37. The van der Waals surface area contributed by atoms with Crippen LogP contribution in [0.25, 0.3) is 0 Å². The molecule has 146 valence electrons. The van der Waals surface area contributed by atoms with E-state index in [-0.39, 0.29) is 18.0 Å². The van der Waals surface area contributed by atoms with Crippen LogP contribution >= 0.6 is 0 Å². The third-order valence-corrected chi connectivity index (χ3v) is 7.13. The lowest BCUT2D eigenvalue weighted by molar-refractivity contribution is 0.483. The molecule has 1 aliphatic carbocycles. The number of aromatic nitrogens is 2. The number of nitrogens with zero attached hydrogens (tertiary/aromatic N) is 5. The van der Waals surface area contributed by atoms with Crippen molar-refractivity contribution < 1.29 is 8.42 Å². The zero-order valence-corrected chi connectivity index (χ0v) is 16.6. The molecule has 8 nitrogen and oxygen atoms in total. The van der Waals surface area contributed by atoms with E-state index in [9.17, 15) is 13.7 Å². The predicted molar refractivity (Wildman–Crippen MR) is 105 cm³/mol. The maximum Gasteiger partial charge on any atom is 0.279 e. The van der Waals surface area contributed by atoms with Crippen LogP contribution in [0.3, 0.4) is 0 Å². The van der Waals surface area contributed by atoms with Crippen LogP contribution in [-0.2, 0) is 16.8 Å². The molecule has 1 aromatic carbocycles. The molecule has 2 aliphatic rings. The van der Waals surface area contributed by atoms with Gasteiger partial charge in [-0.3, -0.25) is 9.97 Å². The fourth-order valence-corrected chi connectivity index (χ4v) is 5.08. The summed E-state index contributed by atoms with van der Waals surface area (Å²) in [6, 6.07) is 7.97. The van der Waals surface area contributed by atoms with Crippen molar-refractivity contribution in [1.29, 1.82) is 5.26 Å². The lowest BCUT2D eigenvalue weighted by atomic mass is 9.96. The van der Waals surface area contributed by atoms with Crippen molar-refractivity contribution in [3.05, 3.63) is 53.6 Å². The van der Waals surface area contributed by atoms with Crippen molar-refractivity contribution in [2.24, 2.45) is 0 Å². The fraction of sp³-hybridized carbons (Fsp3) is 0.421. The van der Waals surface area contributed by atoms with Gasteiger partial charge in [0.25, 0.3) is 10.2 Å². The highest BCUT2D eigenvalue weighted by Gasteiger charge is 2.46. The van der Waals surface area contributed by atoms with Gasteiger partial charge >= 0.3 is 0 Å². The molecule has 1 saturated carbocycles. The quantitative estimate of drug-likeness (QED) is 0.816. The Hall–Kier alpha value is -2.54. The van der Waals surface area contributed by atoms with Crippen LogP contribution in [0.2, 0.25) is 0 Å². The molecule has 1 aromatic heterocycles. The summed E-state index contributed by atoms with van der Waals surface area (Å²) >= 11 is 0. The molecule has 0 spiro atoms. The molecule has 2 aromatic rings. The minimum absolute atomic E-state index is 0.148. The lowest BCUT2D eigenvalue weighted by Gasteiger charge is -2.27. The summed E-state index contributed by atoms with van der Waals surface area (Å²) in [5.41, 5.74) is 3.68. The van der Waals surface area contributed by atoms with Crippen molar-refractivity contribution >= 4 is 15.9 Å². The molecule has 9 heteroatoms. The molecule has 0 radical (unpaired) electrons. The van der Waals surface area contributed by atoms with E-state index >= 15 is 0 Å². The molecule has 0 saturated heterocycles. The highest BCUT2D eigenvalue weighted by Crippen LogP contribution is 2.50. The Balaban J connectivity index is 1.65. The van der Waals surface area contributed by atoms with Crippen molar-refractivity contribution in [3.8, 4) is 6.07 Å². The van der Waals surface area contributed by atoms with Crippen LogP contribution < -0.4 is 9.62 Å². The van der Waals surface area contributed by atoms with Crippen molar-refractivity contribution in [1.82, 2.24) is 19.0 Å². The Morgan fingerprint density at radius 3 is 2.82 bits per heavy atom. The van der Waals surface area contributed by atoms with Crippen molar-refractivity contribution in [2.75, 3.05) is 19.0 Å². The monoisotopic (exact) mass is 398 g/mol. The number of anilines is 1. The third-order valence-electron chi connectivity index (χ3n) is 5.54. The standard InChI is InChI=1S/C19H22N6O2S/c1-24(2)28(26,27)23-14-8-17-16-7-13(10-20)3-4-18(16)25(19(17)9-14)12-15-11-21-5-6-22-15/h3-7,11,14,17,19,23H,8-9,12H2,1-2H3. The van der Waals surface area contributed by atoms with E-state index in [1.54, 1.807) is 18.6 Å². The van der Waals surface area contributed by atoms with Gasteiger partial charge in [-0.05, 0) is 36.6 Å². The maximum atomic E-state index is 12.3. The number of nitriles is 1. The van der Waals surface area contributed by atoms with Crippen LogP contribution in [0, 0.1) is 11.3 Å². The molecule has 28 heavy (non-hydrogen) atoms. The zero-order chi connectivity index (χ0) is 19.9. The molecular formula is C19H22N6O2S. The molecular weight excluding hydrogens is 376 g/mol. The van der Waals surface area contributed by atoms with Gasteiger partial charge in [0.1, 0.15) is 0 Å². The van der Waals surface area contributed by atoms with Crippen LogP contribution in [0.15, 0.2) is 36.8 Å². The normalized spacial score (nSPS) is 23.5. The first-order valence-electron chi connectivity index (χ1n) is 9.14. The summed E-state index contributed by atoms with van der Waals surface area (Å²) in [4.78, 5) is 10.8. The first-order valence-corrected chi connectivity index (χ1v) is 10.6. The summed E-state index contributed by atoms with van der Waals surface area (Å²) < 4.78 is 28.5. The van der Waals surface area contributed by atoms with Crippen LogP contribution in [0.5, 0.6) is 0 Å². The zero-order valence-electron chi connectivity index (χ0n) is 15.8. The van der Waals surface area contributed by atoms with Gasteiger partial charge in [0.05, 0.1) is 30.1 Å². The smallest absolute Gasteiger partial charge is 0.279 e. The Kier molecular flexibility index (Phi) is 4.79. The SMILES string of the molecule is CN(C)S(=O)(=O)NC1CC2c3cc(C#N)ccc3N(Cc3cnccn3)C2C1. The van der Waals surface area contributed by atoms with Gasteiger partial charge in [0.15, 0.2) is 0 Å².